The lowest BCUT2D eigenvalue weighted by Gasteiger charge is -2.35. The second-order valence-corrected chi connectivity index (χ2v) is 11.9. The van der Waals surface area contributed by atoms with E-state index in [0.717, 1.165) is 0 Å². The zero-order chi connectivity index (χ0) is 23.7. The number of carbonyl (C=O) groups excluding carboxylic acids is 1. The summed E-state index contributed by atoms with van der Waals surface area (Å²) >= 11 is 0. The molecule has 0 bridgehead atoms. The van der Waals surface area contributed by atoms with Crippen molar-refractivity contribution in [3.05, 3.63) is 36.2 Å². The number of nitrogens with one attached hydrogen (secondary N) is 2. The predicted molar refractivity (Wildman–Crippen MR) is 127 cm³/mol. The Morgan fingerprint density at radius 2 is 1.81 bits per heavy atom. The minimum atomic E-state index is -3.36. The van der Waals surface area contributed by atoms with Crippen LogP contribution in [0.5, 0.6) is 0 Å². The molecule has 0 spiro atoms. The SMILES string of the molecule is C\C=C/C(=C\C=C\NCC(C)OC(C)C)NC(=O)C1CCN(S(=O)(=O)C(C)(C)C)CC1. The lowest BCUT2D eigenvalue weighted by atomic mass is 9.97. The monoisotopic (exact) mass is 455 g/mol. The number of piperidine rings is 1. The van der Waals surface area contributed by atoms with Crippen LogP contribution in [0, 0.1) is 5.92 Å². The first kappa shape index (κ1) is 27.4. The Morgan fingerprint density at radius 1 is 1.19 bits per heavy atom. The second-order valence-electron chi connectivity index (χ2n) is 9.16. The molecule has 1 fully saturated rings. The Kier molecular flexibility index (Phi) is 11.0. The Labute approximate surface area is 189 Å². The van der Waals surface area contributed by atoms with Crippen molar-refractivity contribution in [1.29, 1.82) is 0 Å². The maximum atomic E-state index is 12.7. The maximum absolute atomic E-state index is 12.7. The Balaban J connectivity index is 2.59. The van der Waals surface area contributed by atoms with E-state index in [1.807, 2.05) is 58.2 Å². The van der Waals surface area contributed by atoms with E-state index in [1.165, 1.54) is 4.31 Å². The van der Waals surface area contributed by atoms with Gasteiger partial charge < -0.3 is 15.4 Å². The maximum Gasteiger partial charge on any atom is 0.227 e. The van der Waals surface area contributed by atoms with Crippen LogP contribution < -0.4 is 10.6 Å². The summed E-state index contributed by atoms with van der Waals surface area (Å²) in [4.78, 5) is 12.7. The van der Waals surface area contributed by atoms with Gasteiger partial charge in [-0.1, -0.05) is 6.08 Å². The molecule has 0 saturated carbocycles. The average Bonchev–Trinajstić information content (AvgIpc) is 2.66. The molecule has 0 aromatic rings. The van der Waals surface area contributed by atoms with E-state index in [4.69, 9.17) is 4.74 Å². The summed E-state index contributed by atoms with van der Waals surface area (Å²) in [6.45, 7) is 14.5. The predicted octanol–water partition coefficient (Wildman–Crippen LogP) is 3.32. The van der Waals surface area contributed by atoms with Crippen LogP contribution in [0.25, 0.3) is 0 Å². The molecule has 0 aromatic carbocycles. The van der Waals surface area contributed by atoms with Gasteiger partial charge in [-0.15, -0.1) is 0 Å². The van der Waals surface area contributed by atoms with Gasteiger partial charge in [0.1, 0.15) is 0 Å². The first-order chi connectivity index (χ1) is 14.4. The van der Waals surface area contributed by atoms with E-state index in [0.29, 0.717) is 38.2 Å². The molecule has 1 saturated heterocycles. The summed E-state index contributed by atoms with van der Waals surface area (Å²) in [7, 11) is -3.36. The van der Waals surface area contributed by atoms with E-state index in [1.54, 1.807) is 20.8 Å². The number of hydrogen-bond donors (Lipinski definition) is 2. The minimum Gasteiger partial charge on any atom is -0.388 e. The van der Waals surface area contributed by atoms with Gasteiger partial charge in [-0.2, -0.15) is 0 Å². The minimum absolute atomic E-state index is 0.0718. The van der Waals surface area contributed by atoms with Crippen LogP contribution in [-0.2, 0) is 19.6 Å². The summed E-state index contributed by atoms with van der Waals surface area (Å²) in [5.41, 5.74) is 0.696. The van der Waals surface area contributed by atoms with Gasteiger partial charge in [0.25, 0.3) is 0 Å². The number of sulfonamides is 1. The average molecular weight is 456 g/mol. The lowest BCUT2D eigenvalue weighted by Crippen LogP contribution is -2.48. The van der Waals surface area contributed by atoms with Gasteiger partial charge in [0.05, 0.1) is 17.0 Å². The zero-order valence-electron chi connectivity index (χ0n) is 20.1. The number of rotatable bonds is 10. The zero-order valence-corrected chi connectivity index (χ0v) is 21.0. The smallest absolute Gasteiger partial charge is 0.227 e. The summed E-state index contributed by atoms with van der Waals surface area (Å²) in [5, 5.41) is 6.15. The highest BCUT2D eigenvalue weighted by molar-refractivity contribution is 7.90. The molecule has 1 atom stereocenters. The highest BCUT2D eigenvalue weighted by atomic mass is 32.2. The molecule has 0 aromatic heterocycles. The molecule has 1 amide bonds. The molecule has 0 aliphatic carbocycles. The fourth-order valence-corrected chi connectivity index (χ4v) is 4.74. The molecule has 1 unspecified atom stereocenters. The summed E-state index contributed by atoms with van der Waals surface area (Å²) in [6, 6.07) is 0. The number of allylic oxidation sites excluding steroid dienone is 4. The van der Waals surface area contributed by atoms with Gasteiger partial charge >= 0.3 is 0 Å². The number of nitrogens with zero attached hydrogens (tertiary/aromatic N) is 1. The molecular weight excluding hydrogens is 414 g/mol. The molecule has 1 aliphatic heterocycles. The number of amides is 1. The van der Waals surface area contributed by atoms with E-state index < -0.39 is 14.8 Å². The summed E-state index contributed by atoms with van der Waals surface area (Å²) < 4.78 is 31.5. The van der Waals surface area contributed by atoms with Crippen LogP contribution >= 0.6 is 0 Å². The van der Waals surface area contributed by atoms with Crippen molar-refractivity contribution < 1.29 is 17.9 Å². The first-order valence-corrected chi connectivity index (χ1v) is 12.5. The Hall–Kier alpha value is -1.64. The number of ether oxygens (including phenoxy) is 1. The van der Waals surface area contributed by atoms with E-state index in [2.05, 4.69) is 10.6 Å². The fraction of sp³-hybridized carbons (Fsp3) is 0.696. The van der Waals surface area contributed by atoms with Crippen molar-refractivity contribution in [1.82, 2.24) is 14.9 Å². The van der Waals surface area contributed by atoms with E-state index in [9.17, 15) is 13.2 Å². The fourth-order valence-electron chi connectivity index (χ4n) is 3.27. The Bertz CT molecular complexity index is 756. The third kappa shape index (κ3) is 9.17. The van der Waals surface area contributed by atoms with Gasteiger partial charge in [0.15, 0.2) is 0 Å². The molecular formula is C23H41N3O4S. The van der Waals surface area contributed by atoms with Gasteiger partial charge in [-0.3, -0.25) is 4.79 Å². The van der Waals surface area contributed by atoms with Crippen LogP contribution in [0.4, 0.5) is 0 Å². The number of carbonyl (C=O) groups is 1. The van der Waals surface area contributed by atoms with Crippen LogP contribution in [0.2, 0.25) is 0 Å². The normalized spacial score (nSPS) is 18.8. The summed E-state index contributed by atoms with van der Waals surface area (Å²) in [6.07, 6.45) is 10.6. The first-order valence-electron chi connectivity index (χ1n) is 11.1. The highest BCUT2D eigenvalue weighted by Crippen LogP contribution is 2.26. The van der Waals surface area contributed by atoms with Crippen LogP contribution in [-0.4, -0.2) is 55.2 Å². The van der Waals surface area contributed by atoms with Crippen LogP contribution in [0.3, 0.4) is 0 Å². The topological polar surface area (TPSA) is 87.7 Å². The standard InChI is InChI=1S/C23H41N3O4S/c1-8-10-21(11-9-14-24-17-19(4)30-18(2)3)25-22(27)20-12-15-26(16-13-20)31(28,29)23(5,6)7/h8-11,14,18-20,24H,12-13,15-17H2,1-7H3,(H,25,27)/b10-8-,14-9+,21-11+. The van der Waals surface area contributed by atoms with Crippen molar-refractivity contribution in [3.63, 3.8) is 0 Å². The molecule has 1 rings (SSSR count). The van der Waals surface area contributed by atoms with Gasteiger partial charge in [0, 0.05) is 31.2 Å². The molecule has 8 heteroatoms. The van der Waals surface area contributed by atoms with Gasteiger partial charge in [0.2, 0.25) is 15.9 Å². The van der Waals surface area contributed by atoms with Gasteiger partial charge in [-0.05, 0) is 85.7 Å². The quantitative estimate of drug-likeness (QED) is 0.494. The van der Waals surface area contributed by atoms with Crippen molar-refractivity contribution in [2.75, 3.05) is 19.6 Å². The highest BCUT2D eigenvalue weighted by Gasteiger charge is 2.38. The van der Waals surface area contributed by atoms with Crippen molar-refractivity contribution in [2.45, 2.75) is 78.3 Å². The van der Waals surface area contributed by atoms with Crippen molar-refractivity contribution in [3.8, 4) is 0 Å². The van der Waals surface area contributed by atoms with Gasteiger partial charge in [-0.25, -0.2) is 12.7 Å². The van der Waals surface area contributed by atoms with E-state index in [-0.39, 0.29) is 24.0 Å². The third-order valence-electron chi connectivity index (χ3n) is 4.95. The largest absolute Gasteiger partial charge is 0.388 e. The molecule has 7 nitrogen and oxygen atoms in total. The Morgan fingerprint density at radius 3 is 2.32 bits per heavy atom. The molecule has 31 heavy (non-hydrogen) atoms. The molecule has 178 valence electrons. The second kappa shape index (κ2) is 12.4. The van der Waals surface area contributed by atoms with Crippen LogP contribution in [0.1, 0.15) is 61.3 Å². The molecule has 2 N–H and O–H groups in total. The lowest BCUT2D eigenvalue weighted by molar-refractivity contribution is -0.125. The molecule has 0 radical (unpaired) electrons. The van der Waals surface area contributed by atoms with Crippen molar-refractivity contribution in [2.24, 2.45) is 5.92 Å². The van der Waals surface area contributed by atoms with Crippen molar-refractivity contribution >= 4 is 15.9 Å². The third-order valence-corrected chi connectivity index (χ3v) is 7.54. The van der Waals surface area contributed by atoms with Crippen LogP contribution in [0.15, 0.2) is 36.2 Å². The molecule has 1 heterocycles. The van der Waals surface area contributed by atoms with E-state index >= 15 is 0 Å². The summed E-state index contributed by atoms with van der Waals surface area (Å²) in [5.74, 6) is -0.270. The number of hydrogen-bond acceptors (Lipinski definition) is 5. The molecule has 1 aliphatic rings.